The molecule has 1 aromatic rings. The molecule has 1 aromatic carbocycles. The van der Waals surface area contributed by atoms with Gasteiger partial charge in [-0.15, -0.1) is 0 Å². The van der Waals surface area contributed by atoms with Gasteiger partial charge in [0.1, 0.15) is 0 Å². The maximum Gasteiger partial charge on any atom is 0.0320 e. The van der Waals surface area contributed by atoms with Crippen LogP contribution < -0.4 is 10.6 Å². The van der Waals surface area contributed by atoms with Gasteiger partial charge in [0, 0.05) is 10.5 Å². The summed E-state index contributed by atoms with van der Waals surface area (Å²) in [4.78, 5) is 0. The fraction of sp³-hybridized carbons (Fsp3) is 0.571. The van der Waals surface area contributed by atoms with Crippen molar-refractivity contribution < 1.29 is 0 Å². The molecular weight excluding hydrogens is 276 g/mol. The third-order valence-corrected chi connectivity index (χ3v) is 4.12. The van der Waals surface area contributed by atoms with Crippen LogP contribution in [-0.4, -0.2) is 20.1 Å². The first-order valence-electron chi connectivity index (χ1n) is 6.43. The monoisotopic (exact) mass is 296 g/mol. The minimum Gasteiger partial charge on any atom is -0.316 e. The maximum atomic E-state index is 3.49. The molecule has 3 heteroatoms. The Morgan fingerprint density at radius 1 is 1.41 bits per heavy atom. The maximum absolute atomic E-state index is 3.49. The highest BCUT2D eigenvalue weighted by atomic mass is 79.9. The van der Waals surface area contributed by atoms with Crippen LogP contribution in [0.4, 0.5) is 0 Å². The summed E-state index contributed by atoms with van der Waals surface area (Å²) in [5, 5.41) is 6.93. The number of piperidine rings is 1. The van der Waals surface area contributed by atoms with Crippen LogP contribution in [0.1, 0.15) is 30.9 Å². The lowest BCUT2D eigenvalue weighted by Gasteiger charge is -2.27. The number of rotatable bonds is 4. The van der Waals surface area contributed by atoms with Gasteiger partial charge in [0.25, 0.3) is 0 Å². The van der Waals surface area contributed by atoms with Crippen molar-refractivity contribution in [1.82, 2.24) is 10.6 Å². The Hall–Kier alpha value is -0.380. The van der Waals surface area contributed by atoms with Gasteiger partial charge < -0.3 is 10.6 Å². The summed E-state index contributed by atoms with van der Waals surface area (Å²) in [6.07, 6.45) is 3.91. The van der Waals surface area contributed by atoms with E-state index in [1.54, 1.807) is 0 Å². The first kappa shape index (κ1) is 13.1. The van der Waals surface area contributed by atoms with Crippen LogP contribution >= 0.6 is 15.9 Å². The Balaban J connectivity index is 1.97. The van der Waals surface area contributed by atoms with Gasteiger partial charge in [-0.3, -0.25) is 0 Å². The number of benzene rings is 1. The van der Waals surface area contributed by atoms with E-state index >= 15 is 0 Å². The normalized spacial score (nSPS) is 22.4. The summed E-state index contributed by atoms with van der Waals surface area (Å²) in [6, 6.07) is 9.15. The second-order valence-electron chi connectivity index (χ2n) is 4.84. The van der Waals surface area contributed by atoms with E-state index in [0.717, 1.165) is 10.4 Å². The van der Waals surface area contributed by atoms with E-state index in [1.165, 1.54) is 37.9 Å². The molecule has 2 rings (SSSR count). The van der Waals surface area contributed by atoms with Crippen molar-refractivity contribution in [3.05, 3.63) is 34.3 Å². The van der Waals surface area contributed by atoms with Crippen LogP contribution in [0, 0.1) is 5.92 Å². The number of nitrogens with one attached hydrogen (secondary N) is 2. The zero-order valence-electron chi connectivity index (χ0n) is 10.4. The molecule has 0 bridgehead atoms. The van der Waals surface area contributed by atoms with Crippen LogP contribution in [-0.2, 0) is 0 Å². The van der Waals surface area contributed by atoms with Crippen LogP contribution in [0.25, 0.3) is 0 Å². The van der Waals surface area contributed by atoms with E-state index in [0.29, 0.717) is 6.04 Å². The largest absolute Gasteiger partial charge is 0.316 e. The molecule has 1 saturated heterocycles. The second-order valence-corrected chi connectivity index (χ2v) is 5.76. The average Bonchev–Trinajstić information content (AvgIpc) is 2.38. The van der Waals surface area contributed by atoms with Crippen molar-refractivity contribution in [2.24, 2.45) is 5.92 Å². The van der Waals surface area contributed by atoms with Gasteiger partial charge in [-0.2, -0.15) is 0 Å². The van der Waals surface area contributed by atoms with Gasteiger partial charge in [-0.05, 0) is 63.0 Å². The molecule has 1 aliphatic heterocycles. The molecule has 0 aromatic heterocycles. The van der Waals surface area contributed by atoms with Gasteiger partial charge in [0.2, 0.25) is 0 Å². The minimum atomic E-state index is 0.480. The molecule has 1 heterocycles. The predicted octanol–water partition coefficient (Wildman–Crippen LogP) is 3.10. The van der Waals surface area contributed by atoms with Crippen molar-refractivity contribution in [2.75, 3.05) is 20.1 Å². The molecule has 2 unspecified atom stereocenters. The summed E-state index contributed by atoms with van der Waals surface area (Å²) < 4.78 is 1.15. The molecule has 94 valence electrons. The molecule has 2 atom stereocenters. The number of halogens is 1. The average molecular weight is 297 g/mol. The molecule has 1 aliphatic rings. The fourth-order valence-corrected chi connectivity index (χ4v) is 2.84. The Labute approximate surface area is 112 Å². The highest BCUT2D eigenvalue weighted by Crippen LogP contribution is 2.25. The molecule has 2 nitrogen and oxygen atoms in total. The third kappa shape index (κ3) is 3.80. The molecule has 0 spiro atoms. The Morgan fingerprint density at radius 3 is 2.76 bits per heavy atom. The molecule has 17 heavy (non-hydrogen) atoms. The van der Waals surface area contributed by atoms with Crippen LogP contribution in [0.2, 0.25) is 0 Å². The topological polar surface area (TPSA) is 24.1 Å². The lowest BCUT2D eigenvalue weighted by Crippen LogP contribution is -2.32. The first-order chi connectivity index (χ1) is 8.29. The zero-order chi connectivity index (χ0) is 12.1. The summed E-state index contributed by atoms with van der Waals surface area (Å²) in [5.41, 5.74) is 1.39. The third-order valence-electron chi connectivity index (χ3n) is 3.59. The molecule has 1 fully saturated rings. The lowest BCUT2D eigenvalue weighted by molar-refractivity contribution is 0.322. The van der Waals surface area contributed by atoms with Crippen molar-refractivity contribution in [2.45, 2.75) is 25.3 Å². The van der Waals surface area contributed by atoms with E-state index in [2.05, 4.69) is 57.9 Å². The second kappa shape index (κ2) is 6.53. The van der Waals surface area contributed by atoms with E-state index in [4.69, 9.17) is 0 Å². The Morgan fingerprint density at radius 2 is 2.18 bits per heavy atom. The summed E-state index contributed by atoms with van der Waals surface area (Å²) >= 11 is 3.48. The quantitative estimate of drug-likeness (QED) is 0.892. The van der Waals surface area contributed by atoms with Crippen LogP contribution in [0.3, 0.4) is 0 Å². The molecule has 0 aliphatic carbocycles. The zero-order valence-corrected chi connectivity index (χ0v) is 12.0. The Bertz CT molecular complexity index is 331. The number of hydrogen-bond donors (Lipinski definition) is 2. The summed E-state index contributed by atoms with van der Waals surface area (Å²) in [5.74, 6) is 0.810. The van der Waals surface area contributed by atoms with Gasteiger partial charge in [-0.25, -0.2) is 0 Å². The summed E-state index contributed by atoms with van der Waals surface area (Å²) in [6.45, 7) is 2.37. The minimum absolute atomic E-state index is 0.480. The highest BCUT2D eigenvalue weighted by molar-refractivity contribution is 9.10. The van der Waals surface area contributed by atoms with Crippen LogP contribution in [0.15, 0.2) is 28.7 Å². The molecular formula is C14H21BrN2. The molecule has 0 amide bonds. The van der Waals surface area contributed by atoms with Gasteiger partial charge in [0.05, 0.1) is 0 Å². The summed E-state index contributed by atoms with van der Waals surface area (Å²) in [7, 11) is 2.06. The van der Waals surface area contributed by atoms with Gasteiger partial charge >= 0.3 is 0 Å². The van der Waals surface area contributed by atoms with Crippen molar-refractivity contribution >= 4 is 15.9 Å². The van der Waals surface area contributed by atoms with E-state index in [-0.39, 0.29) is 0 Å². The van der Waals surface area contributed by atoms with E-state index in [9.17, 15) is 0 Å². The van der Waals surface area contributed by atoms with Crippen molar-refractivity contribution in [1.29, 1.82) is 0 Å². The first-order valence-corrected chi connectivity index (χ1v) is 7.22. The van der Waals surface area contributed by atoms with Crippen molar-refractivity contribution in [3.63, 3.8) is 0 Å². The van der Waals surface area contributed by atoms with E-state index < -0.39 is 0 Å². The smallest absolute Gasteiger partial charge is 0.0320 e. The molecule has 2 N–H and O–H groups in total. The van der Waals surface area contributed by atoms with Crippen molar-refractivity contribution in [3.8, 4) is 0 Å². The van der Waals surface area contributed by atoms with Gasteiger partial charge in [0.15, 0.2) is 0 Å². The SMILES string of the molecule is CNC(CC1CCCNC1)c1ccc(Br)cc1. The number of hydrogen-bond acceptors (Lipinski definition) is 2. The van der Waals surface area contributed by atoms with Crippen LogP contribution in [0.5, 0.6) is 0 Å². The molecule has 0 saturated carbocycles. The lowest BCUT2D eigenvalue weighted by atomic mass is 9.89. The fourth-order valence-electron chi connectivity index (χ4n) is 2.57. The highest BCUT2D eigenvalue weighted by Gasteiger charge is 2.18. The standard InChI is InChI=1S/C14H21BrN2/c1-16-14(9-11-3-2-8-17-10-11)12-4-6-13(15)7-5-12/h4-7,11,14,16-17H,2-3,8-10H2,1H3. The van der Waals surface area contributed by atoms with E-state index in [1.807, 2.05) is 0 Å². The predicted molar refractivity (Wildman–Crippen MR) is 76.2 cm³/mol. The molecule has 0 radical (unpaired) electrons. The Kier molecular flexibility index (Phi) is 5.01. The van der Waals surface area contributed by atoms with Gasteiger partial charge in [-0.1, -0.05) is 28.1 Å².